The quantitative estimate of drug-likeness (QED) is 0.854. The molecule has 0 saturated carbocycles. The lowest BCUT2D eigenvalue weighted by molar-refractivity contribution is -0.130. The molecule has 4 rings (SSSR count). The van der Waals surface area contributed by atoms with E-state index in [1.807, 2.05) is 43.3 Å². The molecule has 0 unspecified atom stereocenters. The van der Waals surface area contributed by atoms with Crippen LogP contribution in [0.3, 0.4) is 0 Å². The number of nitrogens with zero attached hydrogens (tertiary/aromatic N) is 3. The number of rotatable bonds is 5. The number of nitrogens with one attached hydrogen (secondary N) is 1. The number of fused-ring (bicyclic) bond motifs is 1. The van der Waals surface area contributed by atoms with Crippen LogP contribution < -0.4 is 5.32 Å². The van der Waals surface area contributed by atoms with Gasteiger partial charge in [0.05, 0.1) is 18.9 Å². The molecule has 0 spiro atoms. The maximum absolute atomic E-state index is 12.6. The third kappa shape index (κ3) is 3.88. The summed E-state index contributed by atoms with van der Waals surface area (Å²) in [5, 5.41) is 6.82. The molecule has 7 nitrogen and oxygen atoms in total. The summed E-state index contributed by atoms with van der Waals surface area (Å²) in [5.74, 6) is -0.406. The van der Waals surface area contributed by atoms with Crippen molar-refractivity contribution in [2.24, 2.45) is 11.1 Å². The van der Waals surface area contributed by atoms with Gasteiger partial charge < -0.3 is 15.1 Å². The van der Waals surface area contributed by atoms with Crippen LogP contribution in [0.1, 0.15) is 16.7 Å². The number of carbonyl (C=O) groups excluding carboxylic acids is 2. The fraction of sp³-hybridized carbons (Fsp3) is 0.333. The Morgan fingerprint density at radius 3 is 2.75 bits per heavy atom. The SMILES string of the molecule is Cc1ccc(CC(=O)N2C[C@@H]3C(C(=O)NCc4cccnc4)=NO[C@@H]3C2)cc1. The van der Waals surface area contributed by atoms with Crippen molar-refractivity contribution >= 4 is 17.5 Å². The van der Waals surface area contributed by atoms with Gasteiger partial charge in [-0.3, -0.25) is 14.6 Å². The van der Waals surface area contributed by atoms with Crippen molar-refractivity contribution in [2.75, 3.05) is 13.1 Å². The lowest BCUT2D eigenvalue weighted by Gasteiger charge is -2.17. The average Bonchev–Trinajstić information content (AvgIpc) is 3.29. The topological polar surface area (TPSA) is 83.9 Å². The molecule has 2 aromatic rings. The van der Waals surface area contributed by atoms with E-state index in [4.69, 9.17) is 4.84 Å². The molecule has 1 N–H and O–H groups in total. The molecule has 0 bridgehead atoms. The highest BCUT2D eigenvalue weighted by Gasteiger charge is 2.46. The molecule has 28 heavy (non-hydrogen) atoms. The van der Waals surface area contributed by atoms with Crippen molar-refractivity contribution in [3.05, 3.63) is 65.5 Å². The summed E-state index contributed by atoms with van der Waals surface area (Å²) in [5.41, 5.74) is 3.42. The molecule has 7 heteroatoms. The number of hydrogen-bond acceptors (Lipinski definition) is 5. The van der Waals surface area contributed by atoms with Gasteiger partial charge in [-0.25, -0.2) is 0 Å². The number of pyridine rings is 1. The Hall–Kier alpha value is -3.22. The molecular formula is C21H22N4O3. The Morgan fingerprint density at radius 2 is 2.00 bits per heavy atom. The summed E-state index contributed by atoms with van der Waals surface area (Å²) in [6.45, 7) is 3.30. The van der Waals surface area contributed by atoms with E-state index in [0.717, 1.165) is 11.1 Å². The van der Waals surface area contributed by atoms with Crippen LogP contribution in [-0.4, -0.2) is 46.6 Å². The Balaban J connectivity index is 1.33. The second-order valence-corrected chi connectivity index (χ2v) is 7.23. The molecule has 3 heterocycles. The van der Waals surface area contributed by atoms with Gasteiger partial charge in [-0.05, 0) is 24.1 Å². The number of carbonyl (C=O) groups is 2. The summed E-state index contributed by atoms with van der Waals surface area (Å²) in [6, 6.07) is 11.7. The summed E-state index contributed by atoms with van der Waals surface area (Å²) < 4.78 is 0. The van der Waals surface area contributed by atoms with Crippen LogP contribution in [0.15, 0.2) is 53.9 Å². The van der Waals surface area contributed by atoms with Gasteiger partial charge in [0.15, 0.2) is 11.8 Å². The zero-order valence-electron chi connectivity index (χ0n) is 15.7. The van der Waals surface area contributed by atoms with E-state index in [-0.39, 0.29) is 23.8 Å². The van der Waals surface area contributed by atoms with Crippen molar-refractivity contribution in [2.45, 2.75) is 26.0 Å². The van der Waals surface area contributed by atoms with Crippen LogP contribution in [0.25, 0.3) is 0 Å². The molecule has 0 aliphatic carbocycles. The standard InChI is InChI=1S/C21H22N4O3/c1-14-4-6-15(7-5-14)9-19(26)25-12-17-18(13-25)28-24-20(17)21(27)23-11-16-3-2-8-22-10-16/h2-8,10,17-18H,9,11-13H2,1H3,(H,23,27)/t17-,18+/m0/s1. The van der Waals surface area contributed by atoms with E-state index in [9.17, 15) is 9.59 Å². The van der Waals surface area contributed by atoms with Crippen molar-refractivity contribution in [1.29, 1.82) is 0 Å². The third-order valence-corrected chi connectivity index (χ3v) is 5.14. The Kier molecular flexibility index (Phi) is 5.06. The second-order valence-electron chi connectivity index (χ2n) is 7.23. The monoisotopic (exact) mass is 378 g/mol. The lowest BCUT2D eigenvalue weighted by atomic mass is 10.0. The minimum atomic E-state index is -0.260. The number of oxime groups is 1. The minimum Gasteiger partial charge on any atom is -0.389 e. The normalized spacial score (nSPS) is 20.3. The van der Waals surface area contributed by atoms with E-state index in [1.165, 1.54) is 5.56 Å². The van der Waals surface area contributed by atoms with Crippen LogP contribution in [-0.2, 0) is 27.4 Å². The van der Waals surface area contributed by atoms with Gasteiger partial charge in [0.2, 0.25) is 5.91 Å². The van der Waals surface area contributed by atoms with Gasteiger partial charge in [-0.1, -0.05) is 41.1 Å². The zero-order chi connectivity index (χ0) is 19.5. The van der Waals surface area contributed by atoms with Crippen LogP contribution in [0.2, 0.25) is 0 Å². The molecule has 0 radical (unpaired) electrons. The van der Waals surface area contributed by atoms with E-state index in [2.05, 4.69) is 15.5 Å². The maximum atomic E-state index is 12.6. The predicted octanol–water partition coefficient (Wildman–Crippen LogP) is 1.46. The fourth-order valence-electron chi connectivity index (χ4n) is 3.52. The van der Waals surface area contributed by atoms with E-state index < -0.39 is 0 Å². The average molecular weight is 378 g/mol. The van der Waals surface area contributed by atoms with Gasteiger partial charge in [0, 0.05) is 25.5 Å². The number of amides is 2. The molecule has 2 aliphatic heterocycles. The molecule has 144 valence electrons. The first-order valence-electron chi connectivity index (χ1n) is 9.34. The number of benzene rings is 1. The van der Waals surface area contributed by atoms with E-state index in [1.54, 1.807) is 17.3 Å². The Bertz CT molecular complexity index is 896. The molecular weight excluding hydrogens is 356 g/mol. The molecule has 1 aromatic heterocycles. The van der Waals surface area contributed by atoms with Gasteiger partial charge in [-0.2, -0.15) is 0 Å². The predicted molar refractivity (Wildman–Crippen MR) is 103 cm³/mol. The van der Waals surface area contributed by atoms with Gasteiger partial charge >= 0.3 is 0 Å². The first kappa shape index (κ1) is 18.2. The summed E-state index contributed by atoms with van der Waals surface area (Å²) in [4.78, 5) is 36.4. The zero-order valence-corrected chi connectivity index (χ0v) is 15.7. The molecule has 2 aliphatic rings. The van der Waals surface area contributed by atoms with Crippen LogP contribution >= 0.6 is 0 Å². The second kappa shape index (κ2) is 7.80. The van der Waals surface area contributed by atoms with Crippen molar-refractivity contribution in [3.8, 4) is 0 Å². The summed E-state index contributed by atoms with van der Waals surface area (Å²) >= 11 is 0. The molecule has 2 atom stereocenters. The van der Waals surface area contributed by atoms with Gasteiger partial charge in [0.1, 0.15) is 0 Å². The van der Waals surface area contributed by atoms with Crippen molar-refractivity contribution in [3.63, 3.8) is 0 Å². The van der Waals surface area contributed by atoms with E-state index >= 15 is 0 Å². The highest BCUT2D eigenvalue weighted by molar-refractivity contribution is 6.40. The minimum absolute atomic E-state index is 0.0389. The molecule has 1 aromatic carbocycles. The fourth-order valence-corrected chi connectivity index (χ4v) is 3.52. The smallest absolute Gasteiger partial charge is 0.269 e. The number of hydrogen-bond donors (Lipinski definition) is 1. The van der Waals surface area contributed by atoms with E-state index in [0.29, 0.717) is 31.8 Å². The molecule has 1 saturated heterocycles. The summed E-state index contributed by atoms with van der Waals surface area (Å²) in [6.07, 6.45) is 3.49. The van der Waals surface area contributed by atoms with Crippen LogP contribution in [0.4, 0.5) is 0 Å². The van der Waals surface area contributed by atoms with Gasteiger partial charge in [0.25, 0.3) is 5.91 Å². The molecule has 2 amide bonds. The first-order chi connectivity index (χ1) is 13.6. The largest absolute Gasteiger partial charge is 0.389 e. The lowest BCUT2D eigenvalue weighted by Crippen LogP contribution is -2.37. The highest BCUT2D eigenvalue weighted by Crippen LogP contribution is 2.27. The molecule has 1 fully saturated rings. The van der Waals surface area contributed by atoms with Crippen molar-refractivity contribution < 1.29 is 14.4 Å². The van der Waals surface area contributed by atoms with Crippen LogP contribution in [0.5, 0.6) is 0 Å². The van der Waals surface area contributed by atoms with Crippen molar-refractivity contribution in [1.82, 2.24) is 15.2 Å². The maximum Gasteiger partial charge on any atom is 0.269 e. The third-order valence-electron chi connectivity index (χ3n) is 5.14. The van der Waals surface area contributed by atoms with Crippen LogP contribution in [0, 0.1) is 12.8 Å². The number of aryl methyl sites for hydroxylation is 1. The van der Waals surface area contributed by atoms with Gasteiger partial charge in [-0.15, -0.1) is 0 Å². The highest BCUT2D eigenvalue weighted by atomic mass is 16.6. The number of aromatic nitrogens is 1. The first-order valence-corrected chi connectivity index (χ1v) is 9.34. The summed E-state index contributed by atoms with van der Waals surface area (Å²) in [7, 11) is 0. The Morgan fingerprint density at radius 1 is 1.18 bits per heavy atom. The number of likely N-dealkylation sites (tertiary alicyclic amines) is 1. The Labute approximate surface area is 163 Å².